The number of ether oxygens (including phenoxy) is 2. The molecule has 2 saturated heterocycles. The highest BCUT2D eigenvalue weighted by Gasteiger charge is 2.38. The summed E-state index contributed by atoms with van der Waals surface area (Å²) in [6.07, 6.45) is 6.17. The zero-order chi connectivity index (χ0) is 15.7. The van der Waals surface area contributed by atoms with Gasteiger partial charge in [0.05, 0.1) is 0 Å². The molecule has 0 amide bonds. The summed E-state index contributed by atoms with van der Waals surface area (Å²) >= 11 is 1.81. The normalized spacial score (nSPS) is 22.4. The van der Waals surface area contributed by atoms with Crippen LogP contribution in [0.5, 0.6) is 11.5 Å². The molecule has 1 aromatic carbocycles. The molecule has 0 aliphatic carbocycles. The van der Waals surface area contributed by atoms with Crippen molar-refractivity contribution in [1.29, 1.82) is 0 Å². The highest BCUT2D eigenvalue weighted by molar-refractivity contribution is 7.98. The number of halogens is 1. The van der Waals surface area contributed by atoms with Crippen LogP contribution in [0.1, 0.15) is 24.8 Å². The van der Waals surface area contributed by atoms with Crippen LogP contribution in [0.4, 0.5) is 0 Å². The van der Waals surface area contributed by atoms with E-state index in [4.69, 9.17) is 9.47 Å². The second-order valence-corrected chi connectivity index (χ2v) is 7.87. The fourth-order valence-corrected chi connectivity index (χ4v) is 4.81. The Morgan fingerprint density at radius 1 is 1.12 bits per heavy atom. The molecule has 0 aromatic heterocycles. The van der Waals surface area contributed by atoms with Gasteiger partial charge in [0.25, 0.3) is 0 Å². The summed E-state index contributed by atoms with van der Waals surface area (Å²) in [5, 5.41) is 3.50. The van der Waals surface area contributed by atoms with Crippen molar-refractivity contribution in [3.05, 3.63) is 17.7 Å². The number of fused-ring (bicyclic) bond motifs is 1. The van der Waals surface area contributed by atoms with Gasteiger partial charge in [-0.3, -0.25) is 4.90 Å². The van der Waals surface area contributed by atoms with Crippen molar-refractivity contribution in [1.82, 2.24) is 10.2 Å². The van der Waals surface area contributed by atoms with Gasteiger partial charge in [0.15, 0.2) is 11.5 Å². The largest absolute Gasteiger partial charge is 0.486 e. The van der Waals surface area contributed by atoms with Gasteiger partial charge in [0.1, 0.15) is 13.2 Å². The molecule has 0 saturated carbocycles. The second kappa shape index (κ2) is 7.73. The number of nitrogens with one attached hydrogen (secondary N) is 1. The quantitative estimate of drug-likeness (QED) is 0.826. The summed E-state index contributed by atoms with van der Waals surface area (Å²) in [6.45, 7) is 7.19. The van der Waals surface area contributed by atoms with Crippen molar-refractivity contribution in [3.63, 3.8) is 0 Å². The van der Waals surface area contributed by atoms with Gasteiger partial charge in [-0.15, -0.1) is 24.2 Å². The zero-order valence-corrected chi connectivity index (χ0v) is 15.9. The number of hydrogen-bond acceptors (Lipinski definition) is 5. The molecule has 1 aromatic rings. The maximum absolute atomic E-state index is 5.78. The van der Waals surface area contributed by atoms with E-state index in [1.807, 2.05) is 0 Å². The molecule has 2 fully saturated rings. The number of benzene rings is 1. The van der Waals surface area contributed by atoms with Crippen molar-refractivity contribution in [2.45, 2.75) is 30.7 Å². The molecular formula is C18H27ClN2O2S. The minimum Gasteiger partial charge on any atom is -0.486 e. The molecule has 0 bridgehead atoms. The van der Waals surface area contributed by atoms with Crippen LogP contribution in [-0.4, -0.2) is 50.5 Å². The fourth-order valence-electron chi connectivity index (χ4n) is 4.19. The molecule has 4 nitrogen and oxygen atoms in total. The van der Waals surface area contributed by atoms with Gasteiger partial charge >= 0.3 is 0 Å². The molecule has 4 rings (SSSR count). The Morgan fingerprint density at radius 3 is 2.54 bits per heavy atom. The first-order valence-corrected chi connectivity index (χ1v) is 9.90. The van der Waals surface area contributed by atoms with E-state index in [2.05, 4.69) is 28.6 Å². The lowest BCUT2D eigenvalue weighted by Gasteiger charge is -2.34. The maximum Gasteiger partial charge on any atom is 0.162 e. The fraction of sp³-hybridized carbons (Fsp3) is 0.667. The van der Waals surface area contributed by atoms with Gasteiger partial charge in [-0.25, -0.2) is 0 Å². The van der Waals surface area contributed by atoms with Crippen LogP contribution in [0.3, 0.4) is 0 Å². The molecule has 0 radical (unpaired) electrons. The molecule has 24 heavy (non-hydrogen) atoms. The summed E-state index contributed by atoms with van der Waals surface area (Å²) in [5.74, 6) is 1.82. The number of piperidine rings is 1. The molecular weight excluding hydrogens is 344 g/mol. The van der Waals surface area contributed by atoms with E-state index in [0.29, 0.717) is 18.6 Å². The topological polar surface area (TPSA) is 33.7 Å². The maximum atomic E-state index is 5.78. The lowest BCUT2D eigenvalue weighted by Crippen LogP contribution is -2.38. The van der Waals surface area contributed by atoms with Crippen molar-refractivity contribution in [2.75, 3.05) is 45.6 Å². The molecule has 3 aliphatic rings. The van der Waals surface area contributed by atoms with Crippen molar-refractivity contribution in [3.8, 4) is 11.5 Å². The standard InChI is InChI=1S/C18H26N2O2S.ClH/c1-23-17-11-16-15(21-8-9-22-16)10-14(17)12-20-7-4-18(13-20)2-5-19-6-3-18;/h10-11,19H,2-9,12-13H2,1H3;1H. The average Bonchev–Trinajstić information content (AvgIpc) is 2.97. The smallest absolute Gasteiger partial charge is 0.162 e. The van der Waals surface area contributed by atoms with Crippen LogP contribution in [0.2, 0.25) is 0 Å². The predicted molar refractivity (Wildman–Crippen MR) is 101 cm³/mol. The van der Waals surface area contributed by atoms with Gasteiger partial charge < -0.3 is 14.8 Å². The van der Waals surface area contributed by atoms with Crippen LogP contribution in [0.25, 0.3) is 0 Å². The average molecular weight is 371 g/mol. The lowest BCUT2D eigenvalue weighted by atomic mass is 9.78. The molecule has 0 atom stereocenters. The Kier molecular flexibility index (Phi) is 5.85. The third-order valence-corrected chi connectivity index (χ3v) is 6.34. The minimum atomic E-state index is 0. The van der Waals surface area contributed by atoms with Gasteiger partial charge in [0, 0.05) is 18.0 Å². The van der Waals surface area contributed by atoms with E-state index in [9.17, 15) is 0 Å². The van der Waals surface area contributed by atoms with E-state index in [1.54, 1.807) is 11.8 Å². The first kappa shape index (κ1) is 18.2. The van der Waals surface area contributed by atoms with Crippen LogP contribution in [-0.2, 0) is 6.54 Å². The Labute approximate surface area is 155 Å². The van der Waals surface area contributed by atoms with Crippen LogP contribution in [0.15, 0.2) is 17.0 Å². The number of nitrogens with zero attached hydrogens (tertiary/aromatic N) is 1. The van der Waals surface area contributed by atoms with Crippen molar-refractivity contribution in [2.24, 2.45) is 5.41 Å². The molecule has 0 unspecified atom stereocenters. The minimum absolute atomic E-state index is 0. The van der Waals surface area contributed by atoms with Gasteiger partial charge in [-0.05, 0) is 68.3 Å². The third-order valence-electron chi connectivity index (χ3n) is 5.52. The Hall–Kier alpha value is -0.620. The van der Waals surface area contributed by atoms with Crippen molar-refractivity contribution < 1.29 is 9.47 Å². The second-order valence-electron chi connectivity index (χ2n) is 7.02. The van der Waals surface area contributed by atoms with Crippen molar-refractivity contribution >= 4 is 24.2 Å². The van der Waals surface area contributed by atoms with Crippen LogP contribution in [0, 0.1) is 5.41 Å². The zero-order valence-electron chi connectivity index (χ0n) is 14.3. The summed E-state index contributed by atoms with van der Waals surface area (Å²) in [7, 11) is 0. The summed E-state index contributed by atoms with van der Waals surface area (Å²) in [5.41, 5.74) is 1.95. The lowest BCUT2D eigenvalue weighted by molar-refractivity contribution is 0.170. The van der Waals surface area contributed by atoms with E-state index in [1.165, 1.54) is 55.9 Å². The third kappa shape index (κ3) is 3.64. The van der Waals surface area contributed by atoms with Gasteiger partial charge in [-0.1, -0.05) is 0 Å². The molecule has 1 spiro atoms. The molecule has 3 aliphatic heterocycles. The summed E-state index contributed by atoms with van der Waals surface area (Å²) in [4.78, 5) is 3.96. The number of rotatable bonds is 3. The predicted octanol–water partition coefficient (Wildman–Crippen LogP) is 3.18. The Morgan fingerprint density at radius 2 is 1.83 bits per heavy atom. The van der Waals surface area contributed by atoms with Crippen LogP contribution < -0.4 is 14.8 Å². The monoisotopic (exact) mass is 370 g/mol. The highest BCUT2D eigenvalue weighted by atomic mass is 35.5. The number of likely N-dealkylation sites (tertiary alicyclic amines) is 1. The van der Waals surface area contributed by atoms with Crippen LogP contribution >= 0.6 is 24.2 Å². The molecule has 134 valence electrons. The summed E-state index contributed by atoms with van der Waals surface area (Å²) < 4.78 is 11.5. The molecule has 1 N–H and O–H groups in total. The SMILES string of the molecule is CSc1cc2c(cc1CN1CCC3(CCNCC3)C1)OCCO2.Cl. The first-order valence-electron chi connectivity index (χ1n) is 8.68. The van der Waals surface area contributed by atoms with E-state index < -0.39 is 0 Å². The highest BCUT2D eigenvalue weighted by Crippen LogP contribution is 2.41. The molecule has 6 heteroatoms. The van der Waals surface area contributed by atoms with E-state index >= 15 is 0 Å². The molecule has 3 heterocycles. The van der Waals surface area contributed by atoms with Gasteiger partial charge in [-0.2, -0.15) is 0 Å². The van der Waals surface area contributed by atoms with Gasteiger partial charge in [0.2, 0.25) is 0 Å². The number of thioether (sulfide) groups is 1. The Bertz CT molecular complexity index is 578. The number of hydrogen-bond donors (Lipinski definition) is 1. The Balaban J connectivity index is 0.00000169. The van der Waals surface area contributed by atoms with E-state index in [0.717, 1.165) is 18.0 Å². The van der Waals surface area contributed by atoms with E-state index in [-0.39, 0.29) is 12.4 Å². The first-order chi connectivity index (χ1) is 11.3. The summed E-state index contributed by atoms with van der Waals surface area (Å²) in [6, 6.07) is 4.36.